The summed E-state index contributed by atoms with van der Waals surface area (Å²) in [5.41, 5.74) is 3.43. The zero-order valence-corrected chi connectivity index (χ0v) is 17.7. The molecule has 4 rings (SSSR count). The normalized spacial score (nSPS) is 10.7. The van der Waals surface area contributed by atoms with Crippen molar-refractivity contribution in [2.75, 3.05) is 11.1 Å². The molecule has 0 saturated carbocycles. The van der Waals surface area contributed by atoms with Gasteiger partial charge in [0, 0.05) is 22.6 Å². The molecule has 0 aliphatic heterocycles. The van der Waals surface area contributed by atoms with Crippen LogP contribution in [0.25, 0.3) is 17.2 Å². The van der Waals surface area contributed by atoms with Crippen LogP contribution in [0.4, 0.5) is 5.69 Å². The van der Waals surface area contributed by atoms with E-state index in [0.29, 0.717) is 21.7 Å². The number of hydrogen-bond acceptors (Lipinski definition) is 5. The Bertz CT molecular complexity index is 1140. The van der Waals surface area contributed by atoms with Crippen LogP contribution in [0.15, 0.2) is 78.1 Å². The topological polar surface area (TPSA) is 72.7 Å². The average Bonchev–Trinajstić information content (AvgIpc) is 3.19. The third-order valence-corrected chi connectivity index (χ3v) is 5.46. The number of amides is 1. The summed E-state index contributed by atoms with van der Waals surface area (Å²) >= 11 is 7.36. The van der Waals surface area contributed by atoms with E-state index in [-0.39, 0.29) is 11.7 Å². The van der Waals surface area contributed by atoms with E-state index < -0.39 is 0 Å². The molecule has 0 spiro atoms. The second kappa shape index (κ2) is 9.11. The zero-order valence-electron chi connectivity index (χ0n) is 16.1. The Hall–Kier alpha value is -3.16. The summed E-state index contributed by atoms with van der Waals surface area (Å²) < 4.78 is 1.88. The molecule has 0 unspecified atom stereocenters. The highest BCUT2D eigenvalue weighted by atomic mass is 35.5. The molecule has 0 saturated heterocycles. The molecule has 8 heteroatoms. The van der Waals surface area contributed by atoms with Crippen molar-refractivity contribution in [1.82, 2.24) is 19.7 Å². The van der Waals surface area contributed by atoms with Gasteiger partial charge in [0.15, 0.2) is 11.0 Å². The quantitative estimate of drug-likeness (QED) is 0.430. The molecule has 4 aromatic rings. The third kappa shape index (κ3) is 4.69. The maximum Gasteiger partial charge on any atom is 0.234 e. The lowest BCUT2D eigenvalue weighted by atomic mass is 10.2. The summed E-state index contributed by atoms with van der Waals surface area (Å²) in [6.07, 6.45) is 1.71. The Morgan fingerprint density at radius 1 is 1.03 bits per heavy atom. The van der Waals surface area contributed by atoms with Gasteiger partial charge in [-0.25, -0.2) is 0 Å². The first-order valence-corrected chi connectivity index (χ1v) is 10.6. The summed E-state index contributed by atoms with van der Waals surface area (Å²) in [7, 11) is 0. The van der Waals surface area contributed by atoms with E-state index in [1.54, 1.807) is 18.3 Å². The number of hydrogen-bond donors (Lipinski definition) is 1. The van der Waals surface area contributed by atoms with Crippen LogP contribution in [-0.4, -0.2) is 31.4 Å². The lowest BCUT2D eigenvalue weighted by Gasteiger charge is -2.10. The van der Waals surface area contributed by atoms with Crippen LogP contribution in [-0.2, 0) is 4.79 Å². The molecule has 0 radical (unpaired) electrons. The van der Waals surface area contributed by atoms with Crippen molar-refractivity contribution in [3.63, 3.8) is 0 Å². The monoisotopic (exact) mass is 435 g/mol. The highest BCUT2D eigenvalue weighted by Crippen LogP contribution is 2.27. The van der Waals surface area contributed by atoms with Crippen molar-refractivity contribution < 1.29 is 4.79 Å². The Labute approximate surface area is 183 Å². The van der Waals surface area contributed by atoms with E-state index >= 15 is 0 Å². The van der Waals surface area contributed by atoms with Crippen LogP contribution in [0.3, 0.4) is 0 Å². The Morgan fingerprint density at radius 2 is 1.80 bits per heavy atom. The Balaban J connectivity index is 1.58. The van der Waals surface area contributed by atoms with Crippen molar-refractivity contribution >= 4 is 35.0 Å². The van der Waals surface area contributed by atoms with E-state index in [4.69, 9.17) is 11.6 Å². The van der Waals surface area contributed by atoms with E-state index in [1.807, 2.05) is 66.1 Å². The lowest BCUT2D eigenvalue weighted by molar-refractivity contribution is -0.113. The van der Waals surface area contributed by atoms with Gasteiger partial charge < -0.3 is 5.32 Å². The molecule has 2 aromatic heterocycles. The molecule has 2 heterocycles. The number of halogens is 1. The molecule has 6 nitrogen and oxygen atoms in total. The largest absolute Gasteiger partial charge is 0.325 e. The second-order valence-corrected chi connectivity index (χ2v) is 7.91. The minimum absolute atomic E-state index is 0.117. The third-order valence-electron chi connectivity index (χ3n) is 4.28. The van der Waals surface area contributed by atoms with Gasteiger partial charge >= 0.3 is 0 Å². The van der Waals surface area contributed by atoms with Crippen molar-refractivity contribution in [2.24, 2.45) is 0 Å². The number of aromatic nitrogens is 4. The first-order chi connectivity index (χ1) is 14.6. The molecule has 30 heavy (non-hydrogen) atoms. The van der Waals surface area contributed by atoms with Crippen molar-refractivity contribution in [2.45, 2.75) is 12.1 Å². The summed E-state index contributed by atoms with van der Waals surface area (Å²) in [6, 6.07) is 20.7. The predicted molar refractivity (Wildman–Crippen MR) is 120 cm³/mol. The van der Waals surface area contributed by atoms with E-state index in [1.165, 1.54) is 11.8 Å². The van der Waals surface area contributed by atoms with Crippen molar-refractivity contribution in [3.05, 3.63) is 83.5 Å². The number of carbonyl (C=O) groups excluding carboxylic acids is 1. The van der Waals surface area contributed by atoms with E-state index in [2.05, 4.69) is 20.5 Å². The standard InChI is InChI=1S/C22H18ClN5OS/c1-15-5-9-17(10-6-15)25-20(29)14-30-22-27-26-21(19-4-2-3-13-24-19)28(22)18-11-7-16(23)8-12-18/h2-13H,14H2,1H3,(H,25,29). The predicted octanol–water partition coefficient (Wildman–Crippen LogP) is 5.02. The van der Waals surface area contributed by atoms with Gasteiger partial charge in [0.05, 0.1) is 5.75 Å². The SMILES string of the molecule is Cc1ccc(NC(=O)CSc2nnc(-c3ccccn3)n2-c2ccc(Cl)cc2)cc1. The molecular weight excluding hydrogens is 418 g/mol. The molecule has 0 aliphatic rings. The fourth-order valence-electron chi connectivity index (χ4n) is 2.81. The first kappa shape index (κ1) is 20.1. The fraction of sp³-hybridized carbons (Fsp3) is 0.0909. The van der Waals surface area contributed by atoms with E-state index in [9.17, 15) is 4.79 Å². The second-order valence-electron chi connectivity index (χ2n) is 6.54. The molecule has 150 valence electrons. The van der Waals surface area contributed by atoms with Gasteiger partial charge in [-0.1, -0.05) is 47.1 Å². The maximum absolute atomic E-state index is 12.4. The molecule has 2 aromatic carbocycles. The number of anilines is 1. The van der Waals surface area contributed by atoms with Crippen LogP contribution in [0.1, 0.15) is 5.56 Å². The Kier molecular flexibility index (Phi) is 6.11. The molecule has 0 fully saturated rings. The summed E-state index contributed by atoms with van der Waals surface area (Å²) in [4.78, 5) is 16.8. The number of thioether (sulfide) groups is 1. The zero-order chi connectivity index (χ0) is 20.9. The van der Waals surface area contributed by atoms with Crippen LogP contribution in [0, 0.1) is 6.92 Å². The molecule has 0 aliphatic carbocycles. The average molecular weight is 436 g/mol. The lowest BCUT2D eigenvalue weighted by Crippen LogP contribution is -2.14. The number of rotatable bonds is 6. The Morgan fingerprint density at radius 3 is 2.50 bits per heavy atom. The number of benzene rings is 2. The van der Waals surface area contributed by atoms with Gasteiger partial charge in [-0.2, -0.15) is 0 Å². The number of nitrogens with zero attached hydrogens (tertiary/aromatic N) is 4. The number of pyridine rings is 1. The van der Waals surface area contributed by atoms with Crippen molar-refractivity contribution in [1.29, 1.82) is 0 Å². The summed E-state index contributed by atoms with van der Waals surface area (Å²) in [6.45, 7) is 2.00. The summed E-state index contributed by atoms with van der Waals surface area (Å²) in [5, 5.41) is 12.8. The minimum Gasteiger partial charge on any atom is -0.325 e. The molecule has 0 atom stereocenters. The van der Waals surface area contributed by atoms with Gasteiger partial charge in [0.1, 0.15) is 5.69 Å². The highest BCUT2D eigenvalue weighted by Gasteiger charge is 2.18. The van der Waals surface area contributed by atoms with Gasteiger partial charge in [-0.3, -0.25) is 14.3 Å². The van der Waals surface area contributed by atoms with Crippen LogP contribution in [0.5, 0.6) is 0 Å². The van der Waals surface area contributed by atoms with Crippen LogP contribution < -0.4 is 5.32 Å². The van der Waals surface area contributed by atoms with Gasteiger partial charge in [0.2, 0.25) is 5.91 Å². The maximum atomic E-state index is 12.4. The van der Waals surface area contributed by atoms with E-state index in [0.717, 1.165) is 16.9 Å². The molecule has 1 amide bonds. The van der Waals surface area contributed by atoms with Crippen LogP contribution >= 0.6 is 23.4 Å². The van der Waals surface area contributed by atoms with Gasteiger partial charge in [-0.05, 0) is 55.5 Å². The fourth-order valence-corrected chi connectivity index (χ4v) is 3.69. The van der Waals surface area contributed by atoms with Crippen LogP contribution in [0.2, 0.25) is 5.02 Å². The van der Waals surface area contributed by atoms with Gasteiger partial charge in [0.25, 0.3) is 0 Å². The highest BCUT2D eigenvalue weighted by molar-refractivity contribution is 7.99. The number of carbonyl (C=O) groups is 1. The number of aryl methyl sites for hydroxylation is 1. The molecular formula is C22H18ClN5OS. The first-order valence-electron chi connectivity index (χ1n) is 9.22. The summed E-state index contributed by atoms with van der Waals surface area (Å²) in [5.74, 6) is 0.676. The number of nitrogens with one attached hydrogen (secondary N) is 1. The van der Waals surface area contributed by atoms with Gasteiger partial charge in [-0.15, -0.1) is 10.2 Å². The molecule has 0 bridgehead atoms. The van der Waals surface area contributed by atoms with Crippen molar-refractivity contribution in [3.8, 4) is 17.2 Å². The minimum atomic E-state index is -0.117. The molecule has 1 N–H and O–H groups in total. The smallest absolute Gasteiger partial charge is 0.234 e.